The Hall–Kier alpha value is -0.580. The maximum atomic E-state index is 10.8. The molecular weight excluding hydrogens is 232 g/mol. The average Bonchev–Trinajstić information content (AvgIpc) is 2.85. The van der Waals surface area contributed by atoms with Gasteiger partial charge in [-0.15, -0.1) is 23.1 Å². The van der Waals surface area contributed by atoms with E-state index in [0.29, 0.717) is 0 Å². The fourth-order valence-electron chi connectivity index (χ4n) is 1.27. The predicted molar refractivity (Wildman–Crippen MR) is 64.8 cm³/mol. The Bertz CT molecular complexity index is 442. The zero-order chi connectivity index (χ0) is 9.97. The molecule has 0 saturated carbocycles. The summed E-state index contributed by atoms with van der Waals surface area (Å²) in [5.74, 6) is 0. The van der Waals surface area contributed by atoms with Crippen LogP contribution < -0.4 is 0 Å². The minimum absolute atomic E-state index is 0.795. The van der Waals surface area contributed by atoms with Gasteiger partial charge in [-0.1, -0.05) is 0 Å². The van der Waals surface area contributed by atoms with E-state index in [4.69, 9.17) is 0 Å². The second-order valence-corrected chi connectivity index (χ2v) is 5.42. The first-order valence-electron chi connectivity index (χ1n) is 4.00. The van der Waals surface area contributed by atoms with Crippen molar-refractivity contribution in [3.05, 3.63) is 27.8 Å². The Morgan fingerprint density at radius 2 is 2.21 bits per heavy atom. The van der Waals surface area contributed by atoms with E-state index in [1.165, 1.54) is 9.77 Å². The van der Waals surface area contributed by atoms with E-state index >= 15 is 0 Å². The van der Waals surface area contributed by atoms with Gasteiger partial charge >= 0.3 is 0 Å². The van der Waals surface area contributed by atoms with Crippen molar-refractivity contribution in [2.45, 2.75) is 4.21 Å². The summed E-state index contributed by atoms with van der Waals surface area (Å²) in [6.07, 6.45) is 2.98. The van der Waals surface area contributed by atoms with Crippen LogP contribution in [0.25, 0.3) is 11.1 Å². The van der Waals surface area contributed by atoms with Gasteiger partial charge in [-0.3, -0.25) is 4.79 Å². The van der Waals surface area contributed by atoms with E-state index in [0.717, 1.165) is 17.4 Å². The Kier molecular flexibility index (Phi) is 3.05. The third-order valence-corrected chi connectivity index (χ3v) is 4.77. The topological polar surface area (TPSA) is 17.1 Å². The molecule has 2 aromatic rings. The molecule has 0 fully saturated rings. The molecule has 14 heavy (non-hydrogen) atoms. The number of hydrogen-bond donors (Lipinski definition) is 0. The molecule has 0 aliphatic carbocycles. The van der Waals surface area contributed by atoms with Crippen molar-refractivity contribution in [3.8, 4) is 11.1 Å². The highest BCUT2D eigenvalue weighted by Crippen LogP contribution is 2.37. The van der Waals surface area contributed by atoms with Gasteiger partial charge in [0, 0.05) is 22.1 Å². The van der Waals surface area contributed by atoms with Crippen molar-refractivity contribution in [1.82, 2.24) is 0 Å². The molecule has 2 heterocycles. The van der Waals surface area contributed by atoms with Gasteiger partial charge in [-0.2, -0.15) is 11.3 Å². The molecular formula is C10H8OS3. The summed E-state index contributed by atoms with van der Waals surface area (Å²) in [4.78, 5) is 10.8. The number of thioether (sulfide) groups is 1. The standard InChI is InChI=1S/C10H8OS3/c1-12-10-8(2-3-14-10)9-6-13-5-7(9)4-11/h2-6H,1H3. The van der Waals surface area contributed by atoms with Crippen molar-refractivity contribution >= 4 is 40.7 Å². The van der Waals surface area contributed by atoms with E-state index in [9.17, 15) is 4.79 Å². The van der Waals surface area contributed by atoms with Crippen molar-refractivity contribution in [1.29, 1.82) is 0 Å². The molecule has 0 aliphatic heterocycles. The lowest BCUT2D eigenvalue weighted by molar-refractivity contribution is 0.112. The van der Waals surface area contributed by atoms with E-state index in [1.807, 2.05) is 10.8 Å². The summed E-state index contributed by atoms with van der Waals surface area (Å²) in [5, 5.41) is 5.99. The van der Waals surface area contributed by atoms with Crippen LogP contribution in [0.5, 0.6) is 0 Å². The molecule has 0 saturated heterocycles. The molecule has 0 N–H and O–H groups in total. The van der Waals surface area contributed by atoms with Crippen LogP contribution in [-0.2, 0) is 0 Å². The Morgan fingerprint density at radius 3 is 2.93 bits per heavy atom. The Labute approximate surface area is 94.8 Å². The first kappa shape index (κ1) is 9.96. The molecule has 4 heteroatoms. The maximum Gasteiger partial charge on any atom is 0.151 e. The molecule has 0 radical (unpaired) electrons. The molecule has 72 valence electrons. The molecule has 2 aromatic heterocycles. The maximum absolute atomic E-state index is 10.8. The van der Waals surface area contributed by atoms with E-state index in [2.05, 4.69) is 17.7 Å². The lowest BCUT2D eigenvalue weighted by Crippen LogP contribution is -1.79. The van der Waals surface area contributed by atoms with Crippen LogP contribution in [0.3, 0.4) is 0 Å². The van der Waals surface area contributed by atoms with E-state index in [-0.39, 0.29) is 0 Å². The zero-order valence-electron chi connectivity index (χ0n) is 7.52. The van der Waals surface area contributed by atoms with Crippen LogP contribution in [0.4, 0.5) is 0 Å². The van der Waals surface area contributed by atoms with Crippen molar-refractivity contribution in [2.75, 3.05) is 6.26 Å². The molecule has 0 atom stereocenters. The van der Waals surface area contributed by atoms with Gasteiger partial charge in [0.25, 0.3) is 0 Å². The first-order valence-corrected chi connectivity index (χ1v) is 7.04. The Balaban J connectivity index is 2.53. The molecule has 0 aliphatic rings. The highest BCUT2D eigenvalue weighted by molar-refractivity contribution is 8.00. The third-order valence-electron chi connectivity index (χ3n) is 1.92. The minimum Gasteiger partial charge on any atom is -0.298 e. The van der Waals surface area contributed by atoms with Gasteiger partial charge in [0.1, 0.15) is 0 Å². The normalized spacial score (nSPS) is 10.4. The smallest absolute Gasteiger partial charge is 0.151 e. The molecule has 0 spiro atoms. The fourth-order valence-corrected chi connectivity index (χ4v) is 3.65. The molecule has 0 bridgehead atoms. The van der Waals surface area contributed by atoms with Gasteiger partial charge in [-0.05, 0) is 23.1 Å². The highest BCUT2D eigenvalue weighted by Gasteiger charge is 2.10. The summed E-state index contributed by atoms with van der Waals surface area (Å²) >= 11 is 5.02. The largest absolute Gasteiger partial charge is 0.298 e. The van der Waals surface area contributed by atoms with Crippen molar-refractivity contribution < 1.29 is 4.79 Å². The molecule has 2 rings (SSSR count). The van der Waals surface area contributed by atoms with Crippen molar-refractivity contribution in [2.24, 2.45) is 0 Å². The zero-order valence-corrected chi connectivity index (χ0v) is 9.97. The van der Waals surface area contributed by atoms with Crippen molar-refractivity contribution in [3.63, 3.8) is 0 Å². The predicted octanol–water partition coefficient (Wildman–Crippen LogP) is 4.01. The second kappa shape index (κ2) is 4.29. The number of aldehydes is 1. The van der Waals surface area contributed by atoms with Gasteiger partial charge in [-0.25, -0.2) is 0 Å². The summed E-state index contributed by atoms with van der Waals surface area (Å²) in [5.41, 5.74) is 3.05. The quantitative estimate of drug-likeness (QED) is 0.595. The second-order valence-electron chi connectivity index (χ2n) is 2.68. The van der Waals surface area contributed by atoms with Gasteiger partial charge in [0.2, 0.25) is 0 Å². The SMILES string of the molecule is CSc1sccc1-c1cscc1C=O. The molecule has 0 unspecified atom stereocenters. The lowest BCUT2D eigenvalue weighted by atomic mass is 10.1. The van der Waals surface area contributed by atoms with Crippen LogP contribution in [0.2, 0.25) is 0 Å². The van der Waals surface area contributed by atoms with Crippen LogP contribution in [-0.4, -0.2) is 12.5 Å². The van der Waals surface area contributed by atoms with Crippen LogP contribution in [0.15, 0.2) is 26.4 Å². The Morgan fingerprint density at radius 1 is 1.36 bits per heavy atom. The minimum atomic E-state index is 0.795. The summed E-state index contributed by atoms with van der Waals surface area (Å²) in [7, 11) is 0. The number of rotatable bonds is 3. The van der Waals surface area contributed by atoms with Gasteiger partial charge < -0.3 is 0 Å². The van der Waals surface area contributed by atoms with Gasteiger partial charge in [0.15, 0.2) is 6.29 Å². The van der Waals surface area contributed by atoms with Crippen LogP contribution in [0.1, 0.15) is 10.4 Å². The van der Waals surface area contributed by atoms with E-state index < -0.39 is 0 Å². The number of carbonyl (C=O) groups excluding carboxylic acids is 1. The monoisotopic (exact) mass is 240 g/mol. The summed E-state index contributed by atoms with van der Waals surface area (Å²) in [6.45, 7) is 0. The highest BCUT2D eigenvalue weighted by atomic mass is 32.2. The number of carbonyl (C=O) groups is 1. The fraction of sp³-hybridized carbons (Fsp3) is 0.100. The number of hydrogen-bond acceptors (Lipinski definition) is 4. The molecule has 0 amide bonds. The number of thiophene rings is 2. The lowest BCUT2D eigenvalue weighted by Gasteiger charge is -1.98. The average molecular weight is 240 g/mol. The van der Waals surface area contributed by atoms with Crippen LogP contribution >= 0.6 is 34.4 Å². The summed E-state index contributed by atoms with van der Waals surface area (Å²) < 4.78 is 1.27. The first-order chi connectivity index (χ1) is 6.86. The van der Waals surface area contributed by atoms with E-state index in [1.54, 1.807) is 34.4 Å². The van der Waals surface area contributed by atoms with Crippen LogP contribution in [0, 0.1) is 0 Å². The molecule has 1 nitrogen and oxygen atoms in total. The molecule has 0 aromatic carbocycles. The van der Waals surface area contributed by atoms with Gasteiger partial charge in [0.05, 0.1) is 4.21 Å². The summed E-state index contributed by atoms with van der Waals surface area (Å²) in [6, 6.07) is 2.07. The third kappa shape index (κ3) is 1.65.